The number of hydrogen-bond acceptors (Lipinski definition) is 3. The number of hydrogen-bond donors (Lipinski definition) is 1. The van der Waals surface area contributed by atoms with Gasteiger partial charge in [-0.25, -0.2) is 0 Å². The Bertz CT molecular complexity index is 429. The minimum atomic E-state index is 0.415. The maximum absolute atomic E-state index is 5.71. The molecule has 1 aromatic rings. The fraction of sp³-hybridized carbons (Fsp3) is 0.625. The molecular formula is C16H28N2O. The molecule has 0 saturated heterocycles. The molecule has 0 amide bonds. The van der Waals surface area contributed by atoms with Crippen LogP contribution in [-0.2, 0) is 6.42 Å². The van der Waals surface area contributed by atoms with Gasteiger partial charge in [-0.15, -0.1) is 0 Å². The van der Waals surface area contributed by atoms with Crippen molar-refractivity contribution in [3.8, 4) is 5.75 Å². The monoisotopic (exact) mass is 264 g/mol. The number of ether oxygens (including phenoxy) is 1. The zero-order valence-corrected chi connectivity index (χ0v) is 13.2. The molecule has 0 radical (unpaired) electrons. The van der Waals surface area contributed by atoms with Crippen LogP contribution in [0.2, 0.25) is 0 Å². The molecule has 0 aromatic heterocycles. The van der Waals surface area contributed by atoms with Crippen molar-refractivity contribution in [3.05, 3.63) is 28.3 Å². The molecule has 108 valence electrons. The van der Waals surface area contributed by atoms with Crippen molar-refractivity contribution >= 4 is 0 Å². The largest absolute Gasteiger partial charge is 0.496 e. The Hall–Kier alpha value is -1.06. The topological polar surface area (TPSA) is 38.5 Å². The van der Waals surface area contributed by atoms with Gasteiger partial charge in [-0.05, 0) is 63.4 Å². The number of aryl methyl sites for hydroxylation is 2. The van der Waals surface area contributed by atoms with E-state index in [1.54, 1.807) is 7.11 Å². The Labute approximate surface area is 117 Å². The Morgan fingerprint density at radius 2 is 1.89 bits per heavy atom. The van der Waals surface area contributed by atoms with Gasteiger partial charge in [0.1, 0.15) is 5.75 Å². The van der Waals surface area contributed by atoms with Crippen molar-refractivity contribution < 1.29 is 4.74 Å². The second-order valence-electron chi connectivity index (χ2n) is 5.46. The molecule has 1 atom stereocenters. The first-order valence-corrected chi connectivity index (χ1v) is 6.96. The van der Waals surface area contributed by atoms with Crippen molar-refractivity contribution in [1.82, 2.24) is 4.90 Å². The van der Waals surface area contributed by atoms with Gasteiger partial charge >= 0.3 is 0 Å². The summed E-state index contributed by atoms with van der Waals surface area (Å²) in [6, 6.07) is 2.66. The maximum atomic E-state index is 5.71. The van der Waals surface area contributed by atoms with Gasteiger partial charge in [0, 0.05) is 19.1 Å². The highest BCUT2D eigenvalue weighted by molar-refractivity contribution is 5.49. The lowest BCUT2D eigenvalue weighted by Crippen LogP contribution is -2.36. The minimum absolute atomic E-state index is 0.415. The van der Waals surface area contributed by atoms with Crippen LogP contribution in [0.15, 0.2) is 6.07 Å². The lowest BCUT2D eigenvalue weighted by molar-refractivity contribution is 0.265. The Balaban J connectivity index is 2.92. The lowest BCUT2D eigenvalue weighted by atomic mass is 9.96. The molecule has 1 aromatic carbocycles. The molecule has 0 heterocycles. The van der Waals surface area contributed by atoms with E-state index in [1.807, 2.05) is 0 Å². The van der Waals surface area contributed by atoms with Crippen molar-refractivity contribution in [2.24, 2.45) is 5.73 Å². The van der Waals surface area contributed by atoms with Crippen LogP contribution in [0.3, 0.4) is 0 Å². The molecule has 0 saturated carbocycles. The third-order valence-electron chi connectivity index (χ3n) is 4.13. The molecule has 0 spiro atoms. The molecule has 0 aliphatic rings. The standard InChI is InChI=1S/C16H28N2O/c1-11-9-12(2)15(16(19-6)14(11)4)7-8-18(5)13(3)10-17/h9,13H,7-8,10,17H2,1-6H3. The molecule has 3 heteroatoms. The molecule has 0 fully saturated rings. The first kappa shape index (κ1) is 16.0. The summed E-state index contributed by atoms with van der Waals surface area (Å²) in [6.45, 7) is 10.3. The number of nitrogens with two attached hydrogens (primary N) is 1. The zero-order valence-electron chi connectivity index (χ0n) is 13.2. The van der Waals surface area contributed by atoms with E-state index in [2.05, 4.69) is 45.7 Å². The van der Waals surface area contributed by atoms with Gasteiger partial charge < -0.3 is 15.4 Å². The van der Waals surface area contributed by atoms with Crippen molar-refractivity contribution in [3.63, 3.8) is 0 Å². The summed E-state index contributed by atoms with van der Waals surface area (Å²) in [6.07, 6.45) is 0.997. The van der Waals surface area contributed by atoms with Gasteiger partial charge in [0.15, 0.2) is 0 Å². The van der Waals surface area contributed by atoms with E-state index >= 15 is 0 Å². The maximum Gasteiger partial charge on any atom is 0.125 e. The molecule has 1 unspecified atom stereocenters. The van der Waals surface area contributed by atoms with Gasteiger partial charge in [0.05, 0.1) is 7.11 Å². The van der Waals surface area contributed by atoms with Crippen molar-refractivity contribution in [1.29, 1.82) is 0 Å². The highest BCUT2D eigenvalue weighted by Gasteiger charge is 2.14. The molecule has 3 nitrogen and oxygen atoms in total. The van der Waals surface area contributed by atoms with Gasteiger partial charge in [-0.3, -0.25) is 0 Å². The molecule has 2 N–H and O–H groups in total. The summed E-state index contributed by atoms with van der Waals surface area (Å²) in [7, 11) is 3.89. The van der Waals surface area contributed by atoms with Crippen LogP contribution in [0, 0.1) is 20.8 Å². The first-order valence-electron chi connectivity index (χ1n) is 6.96. The fourth-order valence-electron chi connectivity index (χ4n) is 2.38. The fourth-order valence-corrected chi connectivity index (χ4v) is 2.38. The second-order valence-corrected chi connectivity index (χ2v) is 5.46. The van der Waals surface area contributed by atoms with Crippen molar-refractivity contribution in [2.75, 3.05) is 27.2 Å². The number of benzene rings is 1. The number of nitrogens with zero attached hydrogens (tertiary/aromatic N) is 1. The average Bonchev–Trinajstić information content (AvgIpc) is 2.39. The quantitative estimate of drug-likeness (QED) is 0.857. The summed E-state index contributed by atoms with van der Waals surface area (Å²) < 4.78 is 5.61. The van der Waals surface area contributed by atoms with Crippen LogP contribution in [0.25, 0.3) is 0 Å². The van der Waals surface area contributed by atoms with Crippen LogP contribution in [0.1, 0.15) is 29.2 Å². The van der Waals surface area contributed by atoms with E-state index < -0.39 is 0 Å². The predicted molar refractivity (Wildman–Crippen MR) is 82.1 cm³/mol. The van der Waals surface area contributed by atoms with Crippen LogP contribution < -0.4 is 10.5 Å². The number of likely N-dealkylation sites (N-methyl/N-ethyl adjacent to an activating group) is 1. The molecule has 0 aliphatic carbocycles. The van der Waals surface area contributed by atoms with Gasteiger partial charge in [0.2, 0.25) is 0 Å². The average molecular weight is 264 g/mol. The first-order chi connectivity index (χ1) is 8.92. The van der Waals surface area contributed by atoms with Crippen LogP contribution in [0.5, 0.6) is 5.75 Å². The van der Waals surface area contributed by atoms with E-state index in [0.29, 0.717) is 12.6 Å². The summed E-state index contributed by atoms with van der Waals surface area (Å²) in [5.74, 6) is 1.05. The van der Waals surface area contributed by atoms with E-state index in [-0.39, 0.29) is 0 Å². The second kappa shape index (κ2) is 6.92. The SMILES string of the molecule is COc1c(C)c(C)cc(C)c1CCN(C)C(C)CN. The molecule has 19 heavy (non-hydrogen) atoms. The van der Waals surface area contributed by atoms with Gasteiger partial charge in [-0.1, -0.05) is 6.07 Å². The van der Waals surface area contributed by atoms with Crippen molar-refractivity contribution in [2.45, 2.75) is 40.2 Å². The molecule has 0 aliphatic heterocycles. The van der Waals surface area contributed by atoms with Crippen LogP contribution in [0.4, 0.5) is 0 Å². The summed E-state index contributed by atoms with van der Waals surface area (Å²) in [5, 5.41) is 0. The highest BCUT2D eigenvalue weighted by atomic mass is 16.5. The predicted octanol–water partition coefficient (Wildman–Crippen LogP) is 2.44. The van der Waals surface area contributed by atoms with Crippen LogP contribution in [-0.4, -0.2) is 38.2 Å². The minimum Gasteiger partial charge on any atom is -0.496 e. The van der Waals surface area contributed by atoms with Gasteiger partial charge in [0.25, 0.3) is 0 Å². The molecule has 0 bridgehead atoms. The smallest absolute Gasteiger partial charge is 0.125 e. The number of rotatable bonds is 6. The lowest BCUT2D eigenvalue weighted by Gasteiger charge is -2.24. The van der Waals surface area contributed by atoms with E-state index in [0.717, 1.165) is 18.7 Å². The van der Waals surface area contributed by atoms with Crippen LogP contribution >= 0.6 is 0 Å². The zero-order chi connectivity index (χ0) is 14.6. The Kier molecular flexibility index (Phi) is 5.83. The molecule has 1 rings (SSSR count). The normalized spacial score (nSPS) is 12.8. The Morgan fingerprint density at radius 3 is 2.42 bits per heavy atom. The third kappa shape index (κ3) is 3.71. The third-order valence-corrected chi connectivity index (χ3v) is 4.13. The molecular weight excluding hydrogens is 236 g/mol. The number of methoxy groups -OCH3 is 1. The highest BCUT2D eigenvalue weighted by Crippen LogP contribution is 2.29. The van der Waals surface area contributed by atoms with E-state index in [1.165, 1.54) is 22.3 Å². The van der Waals surface area contributed by atoms with E-state index in [4.69, 9.17) is 10.5 Å². The Morgan fingerprint density at radius 1 is 1.26 bits per heavy atom. The van der Waals surface area contributed by atoms with Gasteiger partial charge in [-0.2, -0.15) is 0 Å². The van der Waals surface area contributed by atoms with E-state index in [9.17, 15) is 0 Å². The summed E-state index contributed by atoms with van der Waals surface area (Å²) >= 11 is 0. The summed E-state index contributed by atoms with van der Waals surface area (Å²) in [4.78, 5) is 2.30. The summed E-state index contributed by atoms with van der Waals surface area (Å²) in [5.41, 5.74) is 10.9.